The Morgan fingerprint density at radius 1 is 1.33 bits per heavy atom. The molecule has 2 N–H and O–H groups in total. The Morgan fingerprint density at radius 3 is 2.56 bits per heavy atom. The van der Waals surface area contributed by atoms with Gasteiger partial charge in [0.15, 0.2) is 0 Å². The second-order valence-corrected chi connectivity index (χ2v) is 6.41. The molecule has 0 spiro atoms. The van der Waals surface area contributed by atoms with Crippen LogP contribution in [0.4, 0.5) is 0 Å². The van der Waals surface area contributed by atoms with Crippen LogP contribution < -0.4 is 9.88 Å². The molecule has 102 valence electrons. The van der Waals surface area contributed by atoms with Crippen molar-refractivity contribution < 1.29 is 13.2 Å². The molecule has 0 bridgehead atoms. The number of hydrogen-bond acceptors (Lipinski definition) is 3. The van der Waals surface area contributed by atoms with Crippen molar-refractivity contribution in [2.24, 2.45) is 11.1 Å². The number of ether oxygens (including phenoxy) is 1. The van der Waals surface area contributed by atoms with Crippen LogP contribution in [-0.4, -0.2) is 15.0 Å². The van der Waals surface area contributed by atoms with Gasteiger partial charge in [-0.1, -0.05) is 19.9 Å². The fourth-order valence-electron chi connectivity index (χ4n) is 1.63. The summed E-state index contributed by atoms with van der Waals surface area (Å²) < 4.78 is 28.4. The lowest BCUT2D eigenvalue weighted by molar-refractivity contribution is 0.290. The second-order valence-electron chi connectivity index (χ2n) is 4.88. The zero-order valence-electron chi connectivity index (χ0n) is 11.1. The van der Waals surface area contributed by atoms with Gasteiger partial charge in [-0.05, 0) is 43.4 Å². The van der Waals surface area contributed by atoms with Crippen molar-refractivity contribution in [1.29, 1.82) is 0 Å². The molecule has 0 aliphatic carbocycles. The highest BCUT2D eigenvalue weighted by atomic mass is 32.2. The van der Waals surface area contributed by atoms with Gasteiger partial charge >= 0.3 is 0 Å². The Labute approximate surface area is 109 Å². The maximum absolute atomic E-state index is 11.4. The van der Waals surface area contributed by atoms with Crippen LogP contribution in [0.1, 0.15) is 32.3 Å². The fraction of sp³-hybridized carbons (Fsp3) is 0.538. The molecular weight excluding hydrogens is 250 g/mol. The molecular formula is C13H21NO3S. The van der Waals surface area contributed by atoms with E-state index in [0.717, 1.165) is 18.4 Å². The topological polar surface area (TPSA) is 69.4 Å². The van der Waals surface area contributed by atoms with Crippen molar-refractivity contribution in [3.05, 3.63) is 23.8 Å². The van der Waals surface area contributed by atoms with E-state index >= 15 is 0 Å². The number of benzene rings is 1. The fourth-order valence-corrected chi connectivity index (χ4v) is 2.39. The van der Waals surface area contributed by atoms with E-state index in [0.29, 0.717) is 18.3 Å². The Morgan fingerprint density at radius 2 is 2.00 bits per heavy atom. The van der Waals surface area contributed by atoms with Crippen molar-refractivity contribution in [3.63, 3.8) is 0 Å². The van der Waals surface area contributed by atoms with E-state index < -0.39 is 10.0 Å². The summed E-state index contributed by atoms with van der Waals surface area (Å²) in [6.07, 6.45) is 1.95. The summed E-state index contributed by atoms with van der Waals surface area (Å²) in [7, 11) is -3.73. The van der Waals surface area contributed by atoms with Crippen LogP contribution in [0.3, 0.4) is 0 Å². The maximum atomic E-state index is 11.4. The van der Waals surface area contributed by atoms with E-state index in [1.807, 2.05) is 13.0 Å². The highest BCUT2D eigenvalue weighted by Gasteiger charge is 2.15. The van der Waals surface area contributed by atoms with Crippen LogP contribution in [-0.2, 0) is 10.0 Å². The van der Waals surface area contributed by atoms with Crippen LogP contribution >= 0.6 is 0 Å². The Hall–Kier alpha value is -1.07. The van der Waals surface area contributed by atoms with Crippen molar-refractivity contribution in [2.45, 2.75) is 38.5 Å². The lowest BCUT2D eigenvalue weighted by atomic mass is 10.1. The molecule has 0 amide bonds. The summed E-state index contributed by atoms with van der Waals surface area (Å²) in [4.78, 5) is 0.0621. The van der Waals surface area contributed by atoms with Crippen molar-refractivity contribution in [3.8, 4) is 5.75 Å². The number of nitrogens with two attached hydrogens (primary N) is 1. The summed E-state index contributed by atoms with van der Waals surface area (Å²) in [5.74, 6) is 0.955. The number of aryl methyl sites for hydroxylation is 1. The summed E-state index contributed by atoms with van der Waals surface area (Å²) in [5, 5.41) is 5.17. The molecule has 0 radical (unpaired) electrons. The van der Waals surface area contributed by atoms with Gasteiger partial charge in [0.2, 0.25) is 10.0 Å². The molecule has 0 unspecified atom stereocenters. The minimum atomic E-state index is -3.73. The lowest BCUT2D eigenvalue weighted by Gasteiger charge is -2.11. The molecule has 0 aliphatic rings. The highest BCUT2D eigenvalue weighted by Crippen LogP contribution is 2.24. The highest BCUT2D eigenvalue weighted by molar-refractivity contribution is 7.89. The van der Waals surface area contributed by atoms with Gasteiger partial charge in [-0.25, -0.2) is 13.6 Å². The largest absolute Gasteiger partial charge is 0.492 e. The Kier molecular flexibility index (Phi) is 5.16. The molecule has 0 atom stereocenters. The number of rotatable bonds is 6. The summed E-state index contributed by atoms with van der Waals surface area (Å²) in [6.45, 7) is 6.60. The van der Waals surface area contributed by atoms with Gasteiger partial charge in [0.05, 0.1) is 6.61 Å². The van der Waals surface area contributed by atoms with E-state index in [-0.39, 0.29) is 4.90 Å². The van der Waals surface area contributed by atoms with Gasteiger partial charge in [-0.15, -0.1) is 0 Å². The third-order valence-electron chi connectivity index (χ3n) is 2.59. The molecule has 0 aromatic heterocycles. The zero-order chi connectivity index (χ0) is 13.8. The van der Waals surface area contributed by atoms with Crippen molar-refractivity contribution >= 4 is 10.0 Å². The first kappa shape index (κ1) is 15.0. The van der Waals surface area contributed by atoms with Crippen LogP contribution in [0.25, 0.3) is 0 Å². The molecule has 4 nitrogen and oxygen atoms in total. The number of hydrogen-bond donors (Lipinski definition) is 1. The molecule has 0 aliphatic heterocycles. The molecule has 1 aromatic carbocycles. The summed E-state index contributed by atoms with van der Waals surface area (Å²) in [6, 6.07) is 5.00. The quantitative estimate of drug-likeness (QED) is 0.808. The molecule has 0 fully saturated rings. The first-order valence-corrected chi connectivity index (χ1v) is 7.61. The van der Waals surface area contributed by atoms with Gasteiger partial charge in [0.1, 0.15) is 10.6 Å². The molecule has 0 saturated carbocycles. The minimum Gasteiger partial charge on any atom is -0.492 e. The average molecular weight is 271 g/mol. The Bertz CT molecular complexity index is 495. The monoisotopic (exact) mass is 271 g/mol. The standard InChI is InChI=1S/C13H21NO3S/c1-10(2)5-4-8-17-12-7-6-11(3)9-13(12)18(14,15)16/h6-7,9-10H,4-5,8H2,1-3H3,(H2,14,15,16). The zero-order valence-corrected chi connectivity index (χ0v) is 12.0. The van der Waals surface area contributed by atoms with E-state index in [4.69, 9.17) is 9.88 Å². The average Bonchev–Trinajstić information content (AvgIpc) is 2.24. The van der Waals surface area contributed by atoms with Crippen molar-refractivity contribution in [2.75, 3.05) is 6.61 Å². The van der Waals surface area contributed by atoms with Gasteiger partial charge in [0, 0.05) is 0 Å². The van der Waals surface area contributed by atoms with Crippen LogP contribution in [0.15, 0.2) is 23.1 Å². The summed E-state index contributed by atoms with van der Waals surface area (Å²) >= 11 is 0. The first-order valence-electron chi connectivity index (χ1n) is 6.07. The van der Waals surface area contributed by atoms with E-state index in [1.165, 1.54) is 6.07 Å². The van der Waals surface area contributed by atoms with Crippen LogP contribution in [0.5, 0.6) is 5.75 Å². The predicted octanol–water partition coefficient (Wildman–Crippen LogP) is 2.46. The molecule has 5 heteroatoms. The van der Waals surface area contributed by atoms with Gasteiger partial charge < -0.3 is 4.74 Å². The number of primary sulfonamides is 1. The minimum absolute atomic E-state index is 0.0621. The molecule has 1 aromatic rings. The molecule has 0 saturated heterocycles. The van der Waals surface area contributed by atoms with E-state index in [9.17, 15) is 8.42 Å². The lowest BCUT2D eigenvalue weighted by Crippen LogP contribution is -2.14. The maximum Gasteiger partial charge on any atom is 0.241 e. The molecule has 0 heterocycles. The molecule has 1 rings (SSSR count). The van der Waals surface area contributed by atoms with Crippen LogP contribution in [0, 0.1) is 12.8 Å². The van der Waals surface area contributed by atoms with E-state index in [2.05, 4.69) is 13.8 Å². The predicted molar refractivity (Wildman–Crippen MR) is 72.1 cm³/mol. The van der Waals surface area contributed by atoms with Gasteiger partial charge in [-0.2, -0.15) is 0 Å². The third kappa shape index (κ3) is 4.66. The van der Waals surface area contributed by atoms with E-state index in [1.54, 1.807) is 6.07 Å². The van der Waals surface area contributed by atoms with Gasteiger partial charge in [0.25, 0.3) is 0 Å². The Balaban J connectivity index is 2.77. The number of sulfonamides is 1. The van der Waals surface area contributed by atoms with Crippen molar-refractivity contribution in [1.82, 2.24) is 0 Å². The summed E-state index contributed by atoms with van der Waals surface area (Å²) in [5.41, 5.74) is 0.841. The van der Waals surface area contributed by atoms with Gasteiger partial charge in [-0.3, -0.25) is 0 Å². The SMILES string of the molecule is Cc1ccc(OCCCC(C)C)c(S(N)(=O)=O)c1. The normalized spacial score (nSPS) is 11.8. The third-order valence-corrected chi connectivity index (χ3v) is 3.52. The van der Waals surface area contributed by atoms with Crippen LogP contribution in [0.2, 0.25) is 0 Å². The second kappa shape index (κ2) is 6.20. The molecule has 18 heavy (non-hydrogen) atoms. The first-order chi connectivity index (χ1) is 8.30. The smallest absolute Gasteiger partial charge is 0.241 e.